The van der Waals surface area contributed by atoms with Crippen LogP contribution >= 0.6 is 15.9 Å². The van der Waals surface area contributed by atoms with Crippen LogP contribution in [0.3, 0.4) is 0 Å². The van der Waals surface area contributed by atoms with E-state index in [0.29, 0.717) is 6.04 Å². The smallest absolute Gasteiger partial charge is 0.135 e. The van der Waals surface area contributed by atoms with Gasteiger partial charge in [-0.15, -0.1) is 0 Å². The number of hydrogen-bond acceptors (Lipinski definition) is 3. The molecule has 0 spiro atoms. The topological polar surface area (TPSA) is 33.3 Å². The second-order valence-electron chi connectivity index (χ2n) is 5.50. The Hall–Kier alpha value is -0.740. The standard InChI is InChI=1S/C14H21BrN2O/c1-14(2)9-16-7-6-13(14)17-10-4-5-11(15)12(8-10)18-3/h4-5,8,13,16-17H,6-7,9H2,1-3H3. The molecule has 1 unspecified atom stereocenters. The Labute approximate surface area is 117 Å². The minimum Gasteiger partial charge on any atom is -0.495 e. The third kappa shape index (κ3) is 2.98. The average Bonchev–Trinajstić information content (AvgIpc) is 2.34. The summed E-state index contributed by atoms with van der Waals surface area (Å²) < 4.78 is 6.31. The molecule has 100 valence electrons. The first-order chi connectivity index (χ1) is 8.53. The highest BCUT2D eigenvalue weighted by Gasteiger charge is 2.32. The Morgan fingerprint density at radius 3 is 2.89 bits per heavy atom. The highest BCUT2D eigenvalue weighted by Crippen LogP contribution is 2.32. The lowest BCUT2D eigenvalue weighted by molar-refractivity contribution is 0.236. The molecule has 1 aromatic rings. The summed E-state index contributed by atoms with van der Waals surface area (Å²) in [5.41, 5.74) is 1.38. The molecule has 0 amide bonds. The van der Waals surface area contributed by atoms with E-state index in [1.54, 1.807) is 7.11 Å². The average molecular weight is 313 g/mol. The molecule has 1 heterocycles. The number of anilines is 1. The number of benzene rings is 1. The molecule has 2 N–H and O–H groups in total. The van der Waals surface area contributed by atoms with Gasteiger partial charge in [-0.25, -0.2) is 0 Å². The second kappa shape index (κ2) is 5.49. The summed E-state index contributed by atoms with van der Waals surface area (Å²) in [4.78, 5) is 0. The van der Waals surface area contributed by atoms with Crippen molar-refractivity contribution in [1.82, 2.24) is 5.32 Å². The first-order valence-corrected chi connectivity index (χ1v) is 7.13. The Balaban J connectivity index is 2.13. The number of halogens is 1. The quantitative estimate of drug-likeness (QED) is 0.899. The Kier molecular flexibility index (Phi) is 4.17. The first kappa shape index (κ1) is 13.7. The molecule has 2 rings (SSSR count). The largest absolute Gasteiger partial charge is 0.495 e. The van der Waals surface area contributed by atoms with Crippen molar-refractivity contribution in [3.63, 3.8) is 0 Å². The van der Waals surface area contributed by atoms with E-state index in [2.05, 4.69) is 46.5 Å². The van der Waals surface area contributed by atoms with Crippen LogP contribution in [0.1, 0.15) is 20.3 Å². The molecule has 0 bridgehead atoms. The van der Waals surface area contributed by atoms with Gasteiger partial charge in [0.25, 0.3) is 0 Å². The summed E-state index contributed by atoms with van der Waals surface area (Å²) in [5.74, 6) is 0.867. The van der Waals surface area contributed by atoms with Gasteiger partial charge in [-0.3, -0.25) is 0 Å². The van der Waals surface area contributed by atoms with Crippen LogP contribution in [0.2, 0.25) is 0 Å². The summed E-state index contributed by atoms with van der Waals surface area (Å²) in [6.07, 6.45) is 1.14. The third-order valence-corrected chi connectivity index (χ3v) is 4.28. The summed E-state index contributed by atoms with van der Waals surface area (Å²) in [5, 5.41) is 7.08. The maximum absolute atomic E-state index is 5.33. The molecule has 4 heteroatoms. The van der Waals surface area contributed by atoms with Gasteiger partial charge in [0, 0.05) is 24.3 Å². The van der Waals surface area contributed by atoms with Gasteiger partial charge in [0.1, 0.15) is 5.75 Å². The predicted molar refractivity (Wildman–Crippen MR) is 79.4 cm³/mol. The van der Waals surface area contributed by atoms with Gasteiger partial charge in [0.2, 0.25) is 0 Å². The lowest BCUT2D eigenvalue weighted by Gasteiger charge is -2.40. The fraction of sp³-hybridized carbons (Fsp3) is 0.571. The van der Waals surface area contributed by atoms with Crippen LogP contribution in [0.15, 0.2) is 22.7 Å². The zero-order valence-corrected chi connectivity index (χ0v) is 12.8. The Morgan fingerprint density at radius 1 is 1.44 bits per heavy atom. The molecule has 1 aromatic carbocycles. The molecule has 0 saturated carbocycles. The van der Waals surface area contributed by atoms with Crippen molar-refractivity contribution in [2.45, 2.75) is 26.3 Å². The molecule has 1 fully saturated rings. The number of rotatable bonds is 3. The van der Waals surface area contributed by atoms with Crippen LogP contribution < -0.4 is 15.4 Å². The molecule has 1 aliphatic heterocycles. The summed E-state index contributed by atoms with van der Waals surface area (Å²) >= 11 is 3.48. The Morgan fingerprint density at radius 2 is 2.22 bits per heavy atom. The molecule has 18 heavy (non-hydrogen) atoms. The van der Waals surface area contributed by atoms with Crippen LogP contribution in [-0.2, 0) is 0 Å². The van der Waals surface area contributed by atoms with E-state index in [9.17, 15) is 0 Å². The van der Waals surface area contributed by atoms with Crippen molar-refractivity contribution >= 4 is 21.6 Å². The van der Waals surface area contributed by atoms with Gasteiger partial charge in [-0.05, 0) is 46.4 Å². The monoisotopic (exact) mass is 312 g/mol. The molecular weight excluding hydrogens is 292 g/mol. The highest BCUT2D eigenvalue weighted by atomic mass is 79.9. The first-order valence-electron chi connectivity index (χ1n) is 6.34. The predicted octanol–water partition coefficient (Wildman–Crippen LogP) is 3.26. The fourth-order valence-corrected chi connectivity index (χ4v) is 2.80. The molecule has 0 aromatic heterocycles. The van der Waals surface area contributed by atoms with Crippen molar-refractivity contribution in [1.29, 1.82) is 0 Å². The van der Waals surface area contributed by atoms with E-state index in [4.69, 9.17) is 4.74 Å². The van der Waals surface area contributed by atoms with Crippen LogP contribution in [0.25, 0.3) is 0 Å². The molecule has 1 atom stereocenters. The SMILES string of the molecule is COc1cc(NC2CCNCC2(C)C)ccc1Br. The van der Waals surface area contributed by atoms with Gasteiger partial charge >= 0.3 is 0 Å². The van der Waals surface area contributed by atoms with Crippen molar-refractivity contribution in [3.8, 4) is 5.75 Å². The number of ether oxygens (including phenoxy) is 1. The van der Waals surface area contributed by atoms with E-state index in [1.807, 2.05) is 12.1 Å². The normalized spacial score (nSPS) is 22.6. The Bertz CT molecular complexity index is 420. The lowest BCUT2D eigenvalue weighted by Crippen LogP contribution is -2.49. The minimum absolute atomic E-state index is 0.262. The van der Waals surface area contributed by atoms with Gasteiger partial charge in [0.05, 0.1) is 11.6 Å². The zero-order chi connectivity index (χ0) is 13.2. The number of piperidine rings is 1. The maximum atomic E-state index is 5.33. The summed E-state index contributed by atoms with van der Waals surface area (Å²) in [6.45, 7) is 6.73. The lowest BCUT2D eigenvalue weighted by atomic mass is 9.80. The molecule has 0 radical (unpaired) electrons. The van der Waals surface area contributed by atoms with Crippen LogP contribution in [0.5, 0.6) is 5.75 Å². The second-order valence-corrected chi connectivity index (χ2v) is 6.35. The minimum atomic E-state index is 0.262. The number of hydrogen-bond donors (Lipinski definition) is 2. The van der Waals surface area contributed by atoms with Gasteiger partial charge < -0.3 is 15.4 Å². The van der Waals surface area contributed by atoms with Gasteiger partial charge in [-0.1, -0.05) is 13.8 Å². The van der Waals surface area contributed by atoms with Crippen LogP contribution in [0, 0.1) is 5.41 Å². The zero-order valence-electron chi connectivity index (χ0n) is 11.2. The molecule has 0 aliphatic carbocycles. The van der Waals surface area contributed by atoms with E-state index < -0.39 is 0 Å². The van der Waals surface area contributed by atoms with E-state index in [-0.39, 0.29) is 5.41 Å². The van der Waals surface area contributed by atoms with Crippen LogP contribution in [0.4, 0.5) is 5.69 Å². The van der Waals surface area contributed by atoms with Gasteiger partial charge in [-0.2, -0.15) is 0 Å². The maximum Gasteiger partial charge on any atom is 0.135 e. The number of methoxy groups -OCH3 is 1. The molecule has 3 nitrogen and oxygen atoms in total. The van der Waals surface area contributed by atoms with Crippen molar-refractivity contribution < 1.29 is 4.74 Å². The van der Waals surface area contributed by atoms with Crippen molar-refractivity contribution in [2.24, 2.45) is 5.41 Å². The van der Waals surface area contributed by atoms with Crippen molar-refractivity contribution in [2.75, 3.05) is 25.5 Å². The molecular formula is C14H21BrN2O. The van der Waals surface area contributed by atoms with Crippen LogP contribution in [-0.4, -0.2) is 26.2 Å². The van der Waals surface area contributed by atoms with E-state index in [0.717, 1.165) is 35.4 Å². The van der Waals surface area contributed by atoms with Crippen molar-refractivity contribution in [3.05, 3.63) is 22.7 Å². The fourth-order valence-electron chi connectivity index (χ4n) is 2.39. The number of nitrogens with one attached hydrogen (secondary N) is 2. The van der Waals surface area contributed by atoms with E-state index >= 15 is 0 Å². The van der Waals surface area contributed by atoms with E-state index in [1.165, 1.54) is 0 Å². The summed E-state index contributed by atoms with van der Waals surface area (Å²) in [6, 6.07) is 6.65. The summed E-state index contributed by atoms with van der Waals surface area (Å²) in [7, 11) is 1.69. The highest BCUT2D eigenvalue weighted by molar-refractivity contribution is 9.10. The third-order valence-electron chi connectivity index (χ3n) is 3.63. The van der Waals surface area contributed by atoms with Gasteiger partial charge in [0.15, 0.2) is 0 Å². The molecule has 1 aliphatic rings. The molecule has 1 saturated heterocycles.